The lowest BCUT2D eigenvalue weighted by Gasteiger charge is -2.12. The molecule has 1 aromatic rings. The number of hydrogen-bond donors (Lipinski definition) is 0. The third-order valence-electron chi connectivity index (χ3n) is 1.66. The summed E-state index contributed by atoms with van der Waals surface area (Å²) >= 11 is -0.435. The smallest absolute Gasteiger partial charge is 0.446 e. The van der Waals surface area contributed by atoms with Gasteiger partial charge >= 0.3 is 5.51 Å². The predicted octanol–water partition coefficient (Wildman–Crippen LogP) is 3.45. The molecular weight excluding hydrogens is 248 g/mol. The van der Waals surface area contributed by atoms with Crippen LogP contribution in [-0.4, -0.2) is 19.7 Å². The summed E-state index contributed by atoms with van der Waals surface area (Å²) in [6.07, 6.45) is 0. The molecule has 0 atom stereocenters. The molecule has 0 aromatic heterocycles. The van der Waals surface area contributed by atoms with Crippen molar-refractivity contribution in [3.8, 4) is 11.5 Å². The second-order valence-electron chi connectivity index (χ2n) is 2.69. The van der Waals surface area contributed by atoms with Gasteiger partial charge in [0.2, 0.25) is 0 Å². The van der Waals surface area contributed by atoms with Crippen molar-refractivity contribution in [2.75, 3.05) is 14.2 Å². The third kappa shape index (κ3) is 3.19. The first-order valence-corrected chi connectivity index (χ1v) is 4.86. The molecule has 7 heteroatoms. The highest BCUT2D eigenvalue weighted by molar-refractivity contribution is 8.00. The number of methoxy groups -OCH3 is 2. The lowest BCUT2D eigenvalue weighted by atomic mass is 10.3. The maximum absolute atomic E-state index is 13.2. The summed E-state index contributed by atoms with van der Waals surface area (Å²) in [5.74, 6) is -1.11. The quantitative estimate of drug-likeness (QED) is 0.609. The van der Waals surface area contributed by atoms with Crippen molar-refractivity contribution in [3.05, 3.63) is 17.9 Å². The zero-order chi connectivity index (χ0) is 12.3. The first-order valence-electron chi connectivity index (χ1n) is 4.04. The van der Waals surface area contributed by atoms with Gasteiger partial charge in [0.1, 0.15) is 5.75 Å². The predicted molar refractivity (Wildman–Crippen MR) is 51.4 cm³/mol. The van der Waals surface area contributed by atoms with Crippen LogP contribution in [0, 0.1) is 5.82 Å². The molecule has 2 nitrogen and oxygen atoms in total. The van der Waals surface area contributed by atoms with E-state index in [-0.39, 0.29) is 16.4 Å². The Balaban J connectivity index is 3.13. The average molecular weight is 256 g/mol. The Morgan fingerprint density at radius 1 is 1.06 bits per heavy atom. The SMILES string of the molecule is COc1cc(OC)c(SC(F)(F)F)cc1F. The summed E-state index contributed by atoms with van der Waals surface area (Å²) in [7, 11) is 2.42. The zero-order valence-electron chi connectivity index (χ0n) is 8.39. The zero-order valence-corrected chi connectivity index (χ0v) is 9.21. The minimum absolute atomic E-state index is 0.0828. The van der Waals surface area contributed by atoms with E-state index in [9.17, 15) is 17.6 Å². The number of thioether (sulfide) groups is 1. The summed E-state index contributed by atoms with van der Waals surface area (Å²) in [6.45, 7) is 0. The van der Waals surface area contributed by atoms with E-state index >= 15 is 0 Å². The Kier molecular flexibility index (Phi) is 3.90. The fourth-order valence-electron chi connectivity index (χ4n) is 1.04. The van der Waals surface area contributed by atoms with E-state index < -0.39 is 23.1 Å². The fraction of sp³-hybridized carbons (Fsp3) is 0.333. The van der Waals surface area contributed by atoms with Crippen LogP contribution in [0.15, 0.2) is 17.0 Å². The van der Waals surface area contributed by atoms with Crippen LogP contribution in [0.1, 0.15) is 0 Å². The Morgan fingerprint density at radius 3 is 2.06 bits per heavy atom. The molecule has 0 spiro atoms. The molecule has 1 aromatic carbocycles. The maximum atomic E-state index is 13.2. The van der Waals surface area contributed by atoms with E-state index in [2.05, 4.69) is 4.74 Å². The van der Waals surface area contributed by atoms with Crippen LogP contribution in [0.5, 0.6) is 11.5 Å². The normalized spacial score (nSPS) is 11.4. The third-order valence-corrected chi connectivity index (χ3v) is 2.43. The summed E-state index contributed by atoms with van der Waals surface area (Å²) in [4.78, 5) is -0.340. The van der Waals surface area contributed by atoms with Gasteiger partial charge in [0, 0.05) is 6.07 Å². The molecule has 0 N–H and O–H groups in total. The van der Waals surface area contributed by atoms with Gasteiger partial charge in [0.05, 0.1) is 19.1 Å². The van der Waals surface area contributed by atoms with Crippen LogP contribution in [0.3, 0.4) is 0 Å². The van der Waals surface area contributed by atoms with E-state index in [0.717, 1.165) is 12.1 Å². The molecule has 0 bridgehead atoms. The summed E-state index contributed by atoms with van der Waals surface area (Å²) < 4.78 is 58.9. The van der Waals surface area contributed by atoms with Gasteiger partial charge in [-0.05, 0) is 17.8 Å². The van der Waals surface area contributed by atoms with E-state index in [1.807, 2.05) is 0 Å². The van der Waals surface area contributed by atoms with Crippen LogP contribution < -0.4 is 9.47 Å². The van der Waals surface area contributed by atoms with Gasteiger partial charge in [-0.15, -0.1) is 0 Å². The number of hydrogen-bond acceptors (Lipinski definition) is 3. The molecule has 0 heterocycles. The van der Waals surface area contributed by atoms with Crippen molar-refractivity contribution in [3.63, 3.8) is 0 Å². The second-order valence-corrected chi connectivity index (χ2v) is 3.79. The Labute approximate surface area is 93.5 Å². The van der Waals surface area contributed by atoms with Gasteiger partial charge in [0.25, 0.3) is 0 Å². The number of ether oxygens (including phenoxy) is 2. The Hall–Kier alpha value is -1.11. The molecule has 90 valence electrons. The largest absolute Gasteiger partial charge is 0.495 e. The molecular formula is C9H8F4O2S. The highest BCUT2D eigenvalue weighted by Gasteiger charge is 2.31. The lowest BCUT2D eigenvalue weighted by molar-refractivity contribution is -0.0328. The van der Waals surface area contributed by atoms with Crippen LogP contribution in [-0.2, 0) is 0 Å². The summed E-state index contributed by atoms with van der Waals surface area (Å²) in [5.41, 5.74) is -4.49. The van der Waals surface area contributed by atoms with E-state index in [1.54, 1.807) is 0 Å². The van der Waals surface area contributed by atoms with Crippen LogP contribution in [0.25, 0.3) is 0 Å². The van der Waals surface area contributed by atoms with Crippen molar-refractivity contribution in [1.82, 2.24) is 0 Å². The van der Waals surface area contributed by atoms with E-state index in [1.165, 1.54) is 14.2 Å². The van der Waals surface area contributed by atoms with Crippen LogP contribution in [0.4, 0.5) is 17.6 Å². The average Bonchev–Trinajstić information content (AvgIpc) is 2.16. The minimum Gasteiger partial charge on any atom is -0.495 e. The number of alkyl halides is 3. The molecule has 0 unspecified atom stereocenters. The van der Waals surface area contributed by atoms with Crippen LogP contribution in [0.2, 0.25) is 0 Å². The van der Waals surface area contributed by atoms with Crippen molar-refractivity contribution >= 4 is 11.8 Å². The molecule has 0 aliphatic heterocycles. The highest BCUT2D eigenvalue weighted by atomic mass is 32.2. The second kappa shape index (κ2) is 4.82. The van der Waals surface area contributed by atoms with Crippen molar-refractivity contribution in [2.45, 2.75) is 10.4 Å². The minimum atomic E-state index is -4.49. The number of halogens is 4. The first kappa shape index (κ1) is 13.0. The molecule has 0 aliphatic rings. The Morgan fingerprint density at radius 2 is 1.62 bits per heavy atom. The fourth-order valence-corrected chi connectivity index (χ4v) is 1.69. The van der Waals surface area contributed by atoms with Crippen molar-refractivity contribution < 1.29 is 27.0 Å². The highest BCUT2D eigenvalue weighted by Crippen LogP contribution is 2.43. The summed E-state index contributed by atoms with van der Waals surface area (Å²) in [6, 6.07) is 1.80. The molecule has 0 saturated heterocycles. The Bertz CT molecular complexity index is 379. The molecule has 0 saturated carbocycles. The van der Waals surface area contributed by atoms with Gasteiger partial charge in [-0.3, -0.25) is 0 Å². The maximum Gasteiger partial charge on any atom is 0.446 e. The standard InChI is InChI=1S/C9H8F4O2S/c1-14-6-4-7(15-2)8(3-5(6)10)16-9(11,12)13/h3-4H,1-2H3. The first-order chi connectivity index (χ1) is 7.37. The van der Waals surface area contributed by atoms with E-state index in [4.69, 9.17) is 4.74 Å². The van der Waals surface area contributed by atoms with Crippen molar-refractivity contribution in [2.24, 2.45) is 0 Å². The van der Waals surface area contributed by atoms with Gasteiger partial charge < -0.3 is 9.47 Å². The van der Waals surface area contributed by atoms with E-state index in [0.29, 0.717) is 0 Å². The molecule has 0 aliphatic carbocycles. The molecule has 0 amide bonds. The number of benzene rings is 1. The molecule has 16 heavy (non-hydrogen) atoms. The monoisotopic (exact) mass is 256 g/mol. The van der Waals surface area contributed by atoms with Gasteiger partial charge in [-0.2, -0.15) is 13.2 Å². The lowest BCUT2D eigenvalue weighted by Crippen LogP contribution is -2.01. The van der Waals surface area contributed by atoms with Crippen molar-refractivity contribution in [1.29, 1.82) is 0 Å². The van der Waals surface area contributed by atoms with Gasteiger partial charge in [-0.1, -0.05) is 0 Å². The summed E-state index contributed by atoms with van der Waals surface area (Å²) in [5, 5.41) is 0. The van der Waals surface area contributed by atoms with Crippen LogP contribution >= 0.6 is 11.8 Å². The molecule has 1 rings (SSSR count). The number of rotatable bonds is 3. The topological polar surface area (TPSA) is 18.5 Å². The van der Waals surface area contributed by atoms with Gasteiger partial charge in [-0.25, -0.2) is 4.39 Å². The molecule has 0 radical (unpaired) electrons. The molecule has 0 fully saturated rings. The van der Waals surface area contributed by atoms with Gasteiger partial charge in [0.15, 0.2) is 11.6 Å².